The number of rotatable bonds is 3. The summed E-state index contributed by atoms with van der Waals surface area (Å²) in [6.07, 6.45) is 0. The van der Waals surface area contributed by atoms with Crippen LogP contribution in [0.15, 0.2) is 52.1 Å². The number of esters is 1. The molecule has 3 rings (SSSR count). The van der Waals surface area contributed by atoms with Crippen LogP contribution in [0.4, 0.5) is 0 Å². The molecule has 7 heteroatoms. The molecule has 0 bridgehead atoms. The average Bonchev–Trinajstić information content (AvgIpc) is 2.59. The number of para-hydroxylation sites is 1. The zero-order valence-corrected chi connectivity index (χ0v) is 13.5. The Morgan fingerprint density at radius 1 is 1.21 bits per heavy atom. The highest BCUT2D eigenvalue weighted by Crippen LogP contribution is 2.17. The number of carbonyl (C=O) groups is 1. The molecule has 0 radical (unpaired) electrons. The van der Waals surface area contributed by atoms with Gasteiger partial charge in [0.15, 0.2) is 0 Å². The van der Waals surface area contributed by atoms with E-state index in [1.54, 1.807) is 42.5 Å². The molecule has 24 heavy (non-hydrogen) atoms. The van der Waals surface area contributed by atoms with Crippen LogP contribution in [0.3, 0.4) is 0 Å². The lowest BCUT2D eigenvalue weighted by molar-refractivity contribution is 0.0600. The fourth-order valence-corrected chi connectivity index (χ4v) is 2.70. The van der Waals surface area contributed by atoms with Crippen molar-refractivity contribution in [3.8, 4) is 0 Å². The van der Waals surface area contributed by atoms with Crippen LogP contribution in [0, 0.1) is 0 Å². The number of fused-ring (bicyclic) bond motifs is 1. The molecular weight excluding hydrogens is 332 g/mol. The van der Waals surface area contributed by atoms with E-state index in [2.05, 4.69) is 9.72 Å². The molecule has 1 N–H and O–H groups in total. The van der Waals surface area contributed by atoms with Gasteiger partial charge in [0.2, 0.25) is 0 Å². The van der Waals surface area contributed by atoms with Crippen LogP contribution >= 0.6 is 11.6 Å². The first-order chi connectivity index (χ1) is 11.5. The molecule has 0 atom stereocenters. The molecule has 3 aromatic rings. The topological polar surface area (TPSA) is 81.2 Å². The molecule has 0 amide bonds. The molecule has 0 spiro atoms. The zero-order valence-electron chi connectivity index (χ0n) is 12.7. The molecule has 0 aliphatic rings. The van der Waals surface area contributed by atoms with Crippen LogP contribution in [0.5, 0.6) is 0 Å². The number of hydrogen-bond donors (Lipinski definition) is 1. The summed E-state index contributed by atoms with van der Waals surface area (Å²) in [5.41, 5.74) is 0.285. The Bertz CT molecular complexity index is 1050. The number of ether oxygens (including phenoxy) is 1. The number of aromatic amines is 1. The lowest BCUT2D eigenvalue weighted by atomic mass is 10.1. The first-order valence-electron chi connectivity index (χ1n) is 7.10. The van der Waals surface area contributed by atoms with Crippen molar-refractivity contribution in [1.29, 1.82) is 0 Å². The van der Waals surface area contributed by atoms with Crippen LogP contribution < -0.4 is 11.2 Å². The van der Waals surface area contributed by atoms with E-state index in [0.717, 1.165) is 4.57 Å². The van der Waals surface area contributed by atoms with E-state index in [-0.39, 0.29) is 6.54 Å². The first-order valence-corrected chi connectivity index (χ1v) is 7.47. The van der Waals surface area contributed by atoms with Crippen LogP contribution in [-0.4, -0.2) is 22.6 Å². The second-order valence-corrected chi connectivity index (χ2v) is 5.58. The molecule has 122 valence electrons. The number of benzene rings is 2. The number of H-pyrrole nitrogens is 1. The Morgan fingerprint density at radius 2 is 1.96 bits per heavy atom. The van der Waals surface area contributed by atoms with E-state index >= 15 is 0 Å². The highest BCUT2D eigenvalue weighted by Gasteiger charge is 2.11. The number of methoxy groups -OCH3 is 1. The number of nitrogens with one attached hydrogen (secondary N) is 1. The van der Waals surface area contributed by atoms with Crippen LogP contribution in [-0.2, 0) is 11.3 Å². The quantitative estimate of drug-likeness (QED) is 0.738. The largest absolute Gasteiger partial charge is 0.465 e. The Kier molecular flexibility index (Phi) is 4.22. The van der Waals surface area contributed by atoms with Gasteiger partial charge in [0.05, 0.1) is 35.1 Å². The van der Waals surface area contributed by atoms with Gasteiger partial charge >= 0.3 is 11.7 Å². The molecule has 6 nitrogen and oxygen atoms in total. The van der Waals surface area contributed by atoms with E-state index in [9.17, 15) is 14.4 Å². The zero-order chi connectivity index (χ0) is 17.3. The normalized spacial score (nSPS) is 10.8. The van der Waals surface area contributed by atoms with Gasteiger partial charge in [-0.05, 0) is 29.8 Å². The van der Waals surface area contributed by atoms with E-state index in [4.69, 9.17) is 11.6 Å². The van der Waals surface area contributed by atoms with Crippen molar-refractivity contribution in [2.45, 2.75) is 6.54 Å². The summed E-state index contributed by atoms with van der Waals surface area (Å²) in [6, 6.07) is 11.4. The molecule has 1 heterocycles. The fourth-order valence-electron chi connectivity index (χ4n) is 2.48. The number of nitrogens with zero attached hydrogens (tertiary/aromatic N) is 1. The molecule has 1 aromatic heterocycles. The van der Waals surface area contributed by atoms with Crippen LogP contribution in [0.2, 0.25) is 5.02 Å². The maximum atomic E-state index is 12.6. The van der Waals surface area contributed by atoms with Crippen molar-refractivity contribution >= 4 is 28.5 Å². The minimum absolute atomic E-state index is 0.0292. The van der Waals surface area contributed by atoms with Crippen molar-refractivity contribution in [2.75, 3.05) is 7.11 Å². The monoisotopic (exact) mass is 344 g/mol. The molecule has 0 fully saturated rings. The van der Waals surface area contributed by atoms with E-state index in [1.807, 2.05) is 0 Å². The fraction of sp³-hybridized carbons (Fsp3) is 0.118. The van der Waals surface area contributed by atoms with Gasteiger partial charge in [-0.1, -0.05) is 29.8 Å². The van der Waals surface area contributed by atoms with E-state index in [0.29, 0.717) is 27.1 Å². The Balaban J connectivity index is 2.10. The third-order valence-corrected chi connectivity index (χ3v) is 3.97. The van der Waals surface area contributed by atoms with Crippen LogP contribution in [0.1, 0.15) is 15.9 Å². The van der Waals surface area contributed by atoms with Gasteiger partial charge < -0.3 is 9.72 Å². The smallest absolute Gasteiger partial charge is 0.337 e. The van der Waals surface area contributed by atoms with Crippen molar-refractivity contribution in [2.24, 2.45) is 0 Å². The summed E-state index contributed by atoms with van der Waals surface area (Å²) in [6.45, 7) is 0.0292. The second-order valence-electron chi connectivity index (χ2n) is 5.18. The molecule has 0 aliphatic heterocycles. The SMILES string of the molecule is COC(=O)c1cccc(Cn2c(=O)[nH]c3c(Cl)cccc3c2=O)c1. The summed E-state index contributed by atoms with van der Waals surface area (Å²) < 4.78 is 5.73. The average molecular weight is 345 g/mol. The molecule has 0 aliphatic carbocycles. The molecular formula is C17H13ClN2O4. The summed E-state index contributed by atoms with van der Waals surface area (Å²) in [5.74, 6) is -0.483. The third-order valence-electron chi connectivity index (χ3n) is 3.66. The maximum Gasteiger partial charge on any atom is 0.337 e. The Hall–Kier alpha value is -2.86. The summed E-state index contributed by atoms with van der Waals surface area (Å²) in [7, 11) is 1.29. The van der Waals surface area contributed by atoms with Gasteiger partial charge in [-0.15, -0.1) is 0 Å². The minimum atomic E-state index is -0.566. The standard InChI is InChI=1S/C17H13ClN2O4/c1-24-16(22)11-5-2-4-10(8-11)9-20-15(21)12-6-3-7-13(18)14(12)19-17(20)23/h2-8H,9H2,1H3,(H,19,23). The molecule has 2 aromatic carbocycles. The summed E-state index contributed by atoms with van der Waals surface area (Å²) in [4.78, 5) is 39.0. The van der Waals surface area contributed by atoms with E-state index < -0.39 is 17.2 Å². The number of halogens is 1. The van der Waals surface area contributed by atoms with Crippen molar-refractivity contribution < 1.29 is 9.53 Å². The van der Waals surface area contributed by atoms with Gasteiger partial charge in [0.1, 0.15) is 0 Å². The minimum Gasteiger partial charge on any atom is -0.465 e. The molecule has 0 saturated carbocycles. The van der Waals surface area contributed by atoms with Gasteiger partial charge in [-0.3, -0.25) is 9.36 Å². The second kappa shape index (κ2) is 6.33. The van der Waals surface area contributed by atoms with Crippen molar-refractivity contribution in [1.82, 2.24) is 9.55 Å². The van der Waals surface area contributed by atoms with Gasteiger partial charge in [-0.2, -0.15) is 0 Å². The van der Waals surface area contributed by atoms with Gasteiger partial charge in [-0.25, -0.2) is 9.59 Å². The molecule has 0 unspecified atom stereocenters. The summed E-state index contributed by atoms with van der Waals surface area (Å²) in [5, 5.41) is 0.632. The lowest BCUT2D eigenvalue weighted by Gasteiger charge is -2.08. The predicted molar refractivity (Wildman–Crippen MR) is 90.7 cm³/mol. The van der Waals surface area contributed by atoms with Crippen molar-refractivity contribution in [3.63, 3.8) is 0 Å². The van der Waals surface area contributed by atoms with Gasteiger partial charge in [0.25, 0.3) is 5.56 Å². The van der Waals surface area contributed by atoms with Crippen molar-refractivity contribution in [3.05, 3.63) is 79.5 Å². The first kappa shape index (κ1) is 16.0. The third kappa shape index (κ3) is 2.83. The number of aromatic nitrogens is 2. The maximum absolute atomic E-state index is 12.6. The number of hydrogen-bond acceptors (Lipinski definition) is 4. The lowest BCUT2D eigenvalue weighted by Crippen LogP contribution is -2.35. The predicted octanol–water partition coefficient (Wildman–Crippen LogP) is 2.18. The summed E-state index contributed by atoms with van der Waals surface area (Å²) >= 11 is 6.02. The Morgan fingerprint density at radius 3 is 2.71 bits per heavy atom. The van der Waals surface area contributed by atoms with Gasteiger partial charge in [0, 0.05) is 0 Å². The molecule has 0 saturated heterocycles. The van der Waals surface area contributed by atoms with E-state index in [1.165, 1.54) is 7.11 Å². The highest BCUT2D eigenvalue weighted by molar-refractivity contribution is 6.34. The number of carbonyl (C=O) groups excluding carboxylic acids is 1. The highest BCUT2D eigenvalue weighted by atomic mass is 35.5. The Labute approximate surface area is 141 Å². The van der Waals surface area contributed by atoms with Crippen LogP contribution in [0.25, 0.3) is 10.9 Å².